The number of alkyl halides is 1. The molecular weight excluding hydrogens is 360 g/mol. The number of carboxylic acids is 1. The highest BCUT2D eigenvalue weighted by Gasteiger charge is 2.13. The van der Waals surface area contributed by atoms with Crippen LogP contribution in [0.15, 0.2) is 0 Å². The third-order valence-electron chi connectivity index (χ3n) is 3.12. The van der Waals surface area contributed by atoms with Crippen LogP contribution in [-0.4, -0.2) is 71.8 Å². The third kappa shape index (κ3) is 16.0. The maximum atomic E-state index is 10.3. The van der Waals surface area contributed by atoms with Crippen molar-refractivity contribution in [2.45, 2.75) is 32.6 Å². The van der Waals surface area contributed by atoms with Gasteiger partial charge in [0.1, 0.15) is 5.78 Å². The molecule has 1 saturated heterocycles. The average molecular weight is 388 g/mol. The summed E-state index contributed by atoms with van der Waals surface area (Å²) in [7, 11) is 2.12. The maximum Gasteiger partial charge on any atom is 0.303 e. The van der Waals surface area contributed by atoms with Crippen LogP contribution in [0.25, 0.3) is 0 Å². The van der Waals surface area contributed by atoms with E-state index in [1.165, 1.54) is 0 Å². The lowest BCUT2D eigenvalue weighted by Crippen LogP contribution is -2.44. The van der Waals surface area contributed by atoms with E-state index in [1.54, 1.807) is 6.92 Å². The smallest absolute Gasteiger partial charge is 0.303 e. The van der Waals surface area contributed by atoms with Crippen LogP contribution in [0.2, 0.25) is 0 Å². The first-order valence-corrected chi connectivity index (χ1v) is 8.26. The lowest BCUT2D eigenvalue weighted by atomic mass is 10.2. The molecule has 1 rings (SSSR count). The number of likely N-dealkylation sites (N-methyl/N-ethyl adjacent to an activating group) is 1. The number of piperazine rings is 1. The molecule has 1 aliphatic rings. The van der Waals surface area contributed by atoms with Gasteiger partial charge in [-0.3, -0.25) is 4.79 Å². The highest BCUT2D eigenvalue weighted by Crippen LogP contribution is 2.01. The number of Topliss-reactive ketones (excluding diaryl/α,β-unsaturated/α-hetero) is 1. The molecule has 1 fully saturated rings. The number of halogens is 2. The Bertz CT molecular complexity index is 285. The quantitative estimate of drug-likeness (QED) is 0.679. The van der Waals surface area contributed by atoms with E-state index in [9.17, 15) is 9.59 Å². The van der Waals surface area contributed by atoms with Crippen LogP contribution in [0.5, 0.6) is 0 Å². The summed E-state index contributed by atoms with van der Waals surface area (Å²) in [6, 6.07) is 0. The number of hydrogen-bond acceptors (Lipinski definition) is 4. The van der Waals surface area contributed by atoms with Crippen molar-refractivity contribution in [3.8, 4) is 0 Å². The summed E-state index contributed by atoms with van der Waals surface area (Å²) in [5, 5.41) is 9.40. The number of ketones is 1. The van der Waals surface area contributed by atoms with Gasteiger partial charge in [0.15, 0.2) is 0 Å². The molecule has 0 aromatic carbocycles. The van der Waals surface area contributed by atoms with Crippen molar-refractivity contribution in [2.24, 2.45) is 0 Å². The van der Waals surface area contributed by atoms with E-state index in [-0.39, 0.29) is 18.2 Å². The summed E-state index contributed by atoms with van der Waals surface area (Å²) in [5.41, 5.74) is 0. The van der Waals surface area contributed by atoms with E-state index in [1.807, 2.05) is 0 Å². The first kappa shape index (κ1) is 23.1. The van der Waals surface area contributed by atoms with Crippen molar-refractivity contribution in [3.63, 3.8) is 0 Å². The number of carbonyl (C=O) groups excluding carboxylic acids is 1. The van der Waals surface area contributed by atoms with Gasteiger partial charge in [0, 0.05) is 44.4 Å². The lowest BCUT2D eigenvalue weighted by molar-refractivity contribution is -0.137. The first-order valence-electron chi connectivity index (χ1n) is 7.13. The van der Waals surface area contributed by atoms with Crippen molar-refractivity contribution in [3.05, 3.63) is 0 Å². The van der Waals surface area contributed by atoms with Gasteiger partial charge in [-0.25, -0.2) is 0 Å². The second kappa shape index (κ2) is 14.8. The van der Waals surface area contributed by atoms with Crippen LogP contribution in [0, 0.1) is 0 Å². The normalized spacial score (nSPS) is 15.6. The summed E-state index contributed by atoms with van der Waals surface area (Å²) >= 11 is 3.23. The molecule has 1 heterocycles. The van der Waals surface area contributed by atoms with Crippen LogP contribution in [0.4, 0.5) is 0 Å². The zero-order valence-electron chi connectivity index (χ0n) is 13.0. The van der Waals surface area contributed by atoms with Gasteiger partial charge in [-0.15, -0.1) is 12.4 Å². The zero-order valence-corrected chi connectivity index (χ0v) is 15.4. The topological polar surface area (TPSA) is 60.9 Å². The van der Waals surface area contributed by atoms with E-state index < -0.39 is 5.97 Å². The maximum absolute atomic E-state index is 10.3. The van der Waals surface area contributed by atoms with E-state index in [0.29, 0.717) is 12.8 Å². The van der Waals surface area contributed by atoms with Crippen LogP contribution < -0.4 is 0 Å². The van der Waals surface area contributed by atoms with Crippen LogP contribution >= 0.6 is 28.3 Å². The Hall–Kier alpha value is -0.170. The summed E-state index contributed by atoms with van der Waals surface area (Å²) < 4.78 is 0. The molecule has 21 heavy (non-hydrogen) atoms. The van der Waals surface area contributed by atoms with Crippen LogP contribution in [0.1, 0.15) is 32.6 Å². The average Bonchev–Trinajstić information content (AvgIpc) is 2.39. The molecule has 0 radical (unpaired) electrons. The van der Waals surface area contributed by atoms with Crippen molar-refractivity contribution in [1.82, 2.24) is 9.80 Å². The summed E-state index contributed by atoms with van der Waals surface area (Å²) in [6.45, 7) is 6.91. The second-order valence-corrected chi connectivity index (χ2v) is 5.93. The van der Waals surface area contributed by atoms with Crippen molar-refractivity contribution in [1.29, 1.82) is 0 Å². The van der Waals surface area contributed by atoms with E-state index >= 15 is 0 Å². The summed E-state index contributed by atoms with van der Waals surface area (Å²) in [6.07, 6.45) is 2.76. The fourth-order valence-electron chi connectivity index (χ4n) is 1.84. The van der Waals surface area contributed by atoms with E-state index in [0.717, 1.165) is 50.9 Å². The van der Waals surface area contributed by atoms with Crippen molar-refractivity contribution >= 4 is 40.1 Å². The highest BCUT2D eigenvalue weighted by molar-refractivity contribution is 9.09. The van der Waals surface area contributed by atoms with Crippen molar-refractivity contribution in [2.75, 3.05) is 45.1 Å². The minimum Gasteiger partial charge on any atom is -0.481 e. The number of nitrogens with zero attached hydrogens (tertiary/aromatic N) is 2. The summed E-state index contributed by atoms with van der Waals surface area (Å²) in [5.74, 6) is -0.409. The Morgan fingerprint density at radius 1 is 1.10 bits per heavy atom. The number of hydrogen-bond donors (Lipinski definition) is 1. The number of carbonyl (C=O) groups is 2. The molecule has 1 aliphatic heterocycles. The molecule has 0 spiro atoms. The number of rotatable bonds is 7. The van der Waals surface area contributed by atoms with Gasteiger partial charge in [0.2, 0.25) is 0 Å². The first-order chi connectivity index (χ1) is 9.45. The second-order valence-electron chi connectivity index (χ2n) is 5.14. The Balaban J connectivity index is 0. The van der Waals surface area contributed by atoms with Gasteiger partial charge in [-0.2, -0.15) is 0 Å². The Labute approximate surface area is 142 Å². The molecule has 0 atom stereocenters. The summed E-state index contributed by atoms with van der Waals surface area (Å²) in [4.78, 5) is 25.1. The molecule has 5 nitrogen and oxygen atoms in total. The standard InChI is InChI=1S/C9H18N2O2.C5H9BrO.ClH/c1-10-5-7-11(8-6-10)4-2-3-9(12)13;1-5(7)3-2-4-6;/h2-8H2,1H3,(H,12,13);2-4H2,1H3;1H. The molecule has 0 amide bonds. The monoisotopic (exact) mass is 386 g/mol. The Morgan fingerprint density at radius 3 is 2.05 bits per heavy atom. The van der Waals surface area contributed by atoms with Crippen molar-refractivity contribution < 1.29 is 14.7 Å². The fraction of sp³-hybridized carbons (Fsp3) is 0.857. The molecule has 126 valence electrons. The minimum absolute atomic E-state index is 0. The van der Waals surface area contributed by atoms with E-state index in [4.69, 9.17) is 5.11 Å². The highest BCUT2D eigenvalue weighted by atomic mass is 79.9. The SMILES string of the molecule is CC(=O)CCCBr.CN1CCN(CCCC(=O)O)CC1.Cl. The Morgan fingerprint density at radius 2 is 1.67 bits per heavy atom. The molecule has 7 heteroatoms. The fourth-order valence-corrected chi connectivity index (χ4v) is 2.12. The number of carboxylic acid groups (broad SMARTS) is 1. The molecular formula is C14H28BrClN2O3. The molecule has 0 aromatic heterocycles. The van der Waals surface area contributed by atoms with Crippen LogP contribution in [-0.2, 0) is 9.59 Å². The molecule has 0 aliphatic carbocycles. The van der Waals surface area contributed by atoms with Gasteiger partial charge >= 0.3 is 5.97 Å². The third-order valence-corrected chi connectivity index (χ3v) is 3.68. The predicted molar refractivity (Wildman–Crippen MR) is 91.8 cm³/mol. The molecule has 0 unspecified atom stereocenters. The minimum atomic E-state index is -0.686. The number of aliphatic carboxylic acids is 1. The molecule has 0 bridgehead atoms. The van der Waals surface area contributed by atoms with Gasteiger partial charge in [-0.05, 0) is 33.4 Å². The van der Waals surface area contributed by atoms with E-state index in [2.05, 4.69) is 32.8 Å². The van der Waals surface area contributed by atoms with Gasteiger partial charge in [-0.1, -0.05) is 15.9 Å². The molecule has 0 saturated carbocycles. The van der Waals surface area contributed by atoms with Gasteiger partial charge in [0.05, 0.1) is 0 Å². The van der Waals surface area contributed by atoms with Gasteiger partial charge in [0.25, 0.3) is 0 Å². The van der Waals surface area contributed by atoms with Gasteiger partial charge < -0.3 is 19.7 Å². The molecule has 1 N–H and O–H groups in total. The largest absolute Gasteiger partial charge is 0.481 e. The Kier molecular flexibility index (Phi) is 16.2. The lowest BCUT2D eigenvalue weighted by Gasteiger charge is -2.32. The molecule has 0 aromatic rings. The van der Waals surface area contributed by atoms with Crippen LogP contribution in [0.3, 0.4) is 0 Å². The zero-order chi connectivity index (χ0) is 15.4. The predicted octanol–water partition coefficient (Wildman–Crippen LogP) is 2.27.